The number of rotatable bonds is 4. The van der Waals surface area contributed by atoms with E-state index in [1.54, 1.807) is 40.9 Å². The third kappa shape index (κ3) is 4.91. The van der Waals surface area contributed by atoms with E-state index >= 15 is 0 Å². The highest BCUT2D eigenvalue weighted by molar-refractivity contribution is 8.22. The lowest BCUT2D eigenvalue weighted by molar-refractivity contribution is -0.214. The van der Waals surface area contributed by atoms with Crippen LogP contribution in [0.5, 0.6) is 0 Å². The van der Waals surface area contributed by atoms with Crippen LogP contribution >= 0.6 is 24.0 Å². The number of hydrogen-bond donors (Lipinski definition) is 0. The molecule has 2 aliphatic rings. The minimum atomic E-state index is -0.982. The number of fused-ring (bicyclic) bond motifs is 1. The molecule has 2 fully saturated rings. The number of hydrogen-bond acceptors (Lipinski definition) is 9. The first-order chi connectivity index (χ1) is 11.4. The molecule has 0 aromatic heterocycles. The third-order valence-electron chi connectivity index (χ3n) is 3.67. The molecular formula is C16H24O7S2. The molecular weight excluding hydrogens is 368 g/mol. The molecule has 0 bridgehead atoms. The molecule has 0 radical (unpaired) electrons. The average molecular weight is 392 g/mol. The van der Waals surface area contributed by atoms with Crippen molar-refractivity contribution in [1.29, 1.82) is 0 Å². The van der Waals surface area contributed by atoms with Gasteiger partial charge in [0.05, 0.1) is 5.41 Å². The fourth-order valence-corrected chi connectivity index (χ4v) is 2.78. The Hall–Kier alpha value is -0.740. The van der Waals surface area contributed by atoms with Gasteiger partial charge >= 0.3 is 5.97 Å². The highest BCUT2D eigenvalue weighted by Gasteiger charge is 2.58. The summed E-state index contributed by atoms with van der Waals surface area (Å²) in [6, 6.07) is 0. The second-order valence-corrected chi connectivity index (χ2v) is 8.76. The number of esters is 1. The van der Waals surface area contributed by atoms with Crippen molar-refractivity contribution in [2.75, 3.05) is 12.9 Å². The summed E-state index contributed by atoms with van der Waals surface area (Å²) in [5.41, 5.74) is -0.695. The standard InChI is InChI=1S/C16H24O7S2/c1-15(2,3)13(18)19-7-8(17)9-10(21-14(24)25-6)11-12(20-9)23-16(4,5)22-11/h9-12H,7H2,1-6H3/t9-,10+,11-,12-/m1/s1. The Balaban J connectivity index is 2.06. The second-order valence-electron chi connectivity index (χ2n) is 7.35. The van der Waals surface area contributed by atoms with Crippen molar-refractivity contribution in [2.45, 2.75) is 65.0 Å². The van der Waals surface area contributed by atoms with Crippen molar-refractivity contribution < 1.29 is 33.3 Å². The van der Waals surface area contributed by atoms with Crippen LogP contribution in [0.3, 0.4) is 0 Å². The van der Waals surface area contributed by atoms with Crippen LogP contribution in [0.4, 0.5) is 0 Å². The number of thioether (sulfide) groups is 1. The molecule has 142 valence electrons. The van der Waals surface area contributed by atoms with Crippen LogP contribution < -0.4 is 0 Å². The lowest BCUT2D eigenvalue weighted by Crippen LogP contribution is -2.43. The van der Waals surface area contributed by atoms with Crippen molar-refractivity contribution in [2.24, 2.45) is 5.41 Å². The van der Waals surface area contributed by atoms with Gasteiger partial charge in [0.15, 0.2) is 37.0 Å². The molecule has 0 saturated carbocycles. The van der Waals surface area contributed by atoms with Gasteiger partial charge in [-0.3, -0.25) is 9.59 Å². The maximum atomic E-state index is 12.5. The van der Waals surface area contributed by atoms with Crippen molar-refractivity contribution in [3.8, 4) is 0 Å². The number of ether oxygens (including phenoxy) is 5. The quantitative estimate of drug-likeness (QED) is 0.527. The van der Waals surface area contributed by atoms with Gasteiger partial charge in [0.2, 0.25) is 10.2 Å². The third-order valence-corrected chi connectivity index (χ3v) is 4.69. The zero-order valence-corrected chi connectivity index (χ0v) is 16.8. The summed E-state index contributed by atoms with van der Waals surface area (Å²) in [5, 5.41) is 0. The molecule has 0 unspecified atom stereocenters. The lowest BCUT2D eigenvalue weighted by atomic mass is 9.97. The molecule has 0 aliphatic carbocycles. The molecule has 9 heteroatoms. The predicted octanol–water partition coefficient (Wildman–Crippen LogP) is 2.05. The van der Waals surface area contributed by atoms with Crippen LogP contribution in [-0.2, 0) is 33.3 Å². The van der Waals surface area contributed by atoms with E-state index in [4.69, 9.17) is 35.9 Å². The summed E-state index contributed by atoms with van der Waals surface area (Å²) < 4.78 is 28.1. The molecule has 25 heavy (non-hydrogen) atoms. The van der Waals surface area contributed by atoms with Crippen LogP contribution in [0.25, 0.3) is 0 Å². The van der Waals surface area contributed by atoms with E-state index in [0.717, 1.165) is 0 Å². The smallest absolute Gasteiger partial charge is 0.311 e. The molecule has 2 aliphatic heterocycles. The second kappa shape index (κ2) is 7.48. The van der Waals surface area contributed by atoms with Crippen LogP contribution in [0.2, 0.25) is 0 Å². The van der Waals surface area contributed by atoms with Gasteiger partial charge in [0, 0.05) is 0 Å². The Morgan fingerprint density at radius 1 is 1.24 bits per heavy atom. The van der Waals surface area contributed by atoms with Crippen LogP contribution in [0.1, 0.15) is 34.6 Å². The van der Waals surface area contributed by atoms with Crippen molar-refractivity contribution in [3.63, 3.8) is 0 Å². The number of thiocarbonyl (C=S) groups is 1. The molecule has 0 N–H and O–H groups in total. The van der Waals surface area contributed by atoms with E-state index < -0.39 is 54.2 Å². The predicted molar refractivity (Wildman–Crippen MR) is 95.1 cm³/mol. The van der Waals surface area contributed by atoms with Gasteiger partial charge in [0.25, 0.3) is 0 Å². The molecule has 0 spiro atoms. The maximum absolute atomic E-state index is 12.5. The zero-order valence-electron chi connectivity index (χ0n) is 15.2. The van der Waals surface area contributed by atoms with Gasteiger partial charge in [-0.05, 0) is 53.1 Å². The van der Waals surface area contributed by atoms with Gasteiger partial charge in [-0.15, -0.1) is 0 Å². The van der Waals surface area contributed by atoms with E-state index in [9.17, 15) is 9.59 Å². The van der Waals surface area contributed by atoms with E-state index in [2.05, 4.69) is 0 Å². The number of Topliss-reactive ketones (excluding diaryl/α,β-unsaturated/α-hetero) is 1. The highest BCUT2D eigenvalue weighted by Crippen LogP contribution is 2.39. The summed E-state index contributed by atoms with van der Waals surface area (Å²) in [5.74, 6) is -1.74. The van der Waals surface area contributed by atoms with Crippen molar-refractivity contribution in [3.05, 3.63) is 0 Å². The first-order valence-electron chi connectivity index (χ1n) is 7.90. The van der Waals surface area contributed by atoms with Crippen molar-refractivity contribution in [1.82, 2.24) is 0 Å². The van der Waals surface area contributed by atoms with E-state index in [0.29, 0.717) is 0 Å². The van der Waals surface area contributed by atoms with Gasteiger partial charge < -0.3 is 23.7 Å². The Morgan fingerprint density at radius 2 is 1.88 bits per heavy atom. The lowest BCUT2D eigenvalue weighted by Gasteiger charge is -2.25. The number of carbonyl (C=O) groups excluding carboxylic acids is 2. The Bertz CT molecular complexity index is 555. The zero-order chi connectivity index (χ0) is 19.0. The SMILES string of the molecule is CSC(=S)O[C@@H]1[C@H]2OC(C)(C)O[C@H]2O[C@@H]1C(=O)COC(=O)C(C)(C)C. The van der Waals surface area contributed by atoms with Crippen molar-refractivity contribution >= 4 is 40.1 Å². The normalized spacial score (nSPS) is 30.6. The number of carbonyl (C=O) groups is 2. The van der Waals surface area contributed by atoms with Crippen LogP contribution in [0.15, 0.2) is 0 Å². The largest absolute Gasteiger partial charge is 0.469 e. The molecule has 2 heterocycles. The maximum Gasteiger partial charge on any atom is 0.311 e. The fourth-order valence-electron chi connectivity index (χ4n) is 2.46. The van der Waals surface area contributed by atoms with E-state index in [-0.39, 0.29) is 4.38 Å². The first kappa shape index (κ1) is 20.6. The molecule has 2 rings (SSSR count). The van der Waals surface area contributed by atoms with Gasteiger partial charge in [-0.1, -0.05) is 11.8 Å². The van der Waals surface area contributed by atoms with Gasteiger partial charge in [-0.2, -0.15) is 0 Å². The van der Waals surface area contributed by atoms with E-state index in [1.807, 2.05) is 0 Å². The number of ketones is 1. The molecule has 2 saturated heterocycles. The van der Waals surface area contributed by atoms with Gasteiger partial charge in [0.1, 0.15) is 0 Å². The minimum Gasteiger partial charge on any atom is -0.469 e. The summed E-state index contributed by atoms with van der Waals surface area (Å²) in [7, 11) is 0. The average Bonchev–Trinajstić information content (AvgIpc) is 2.96. The molecule has 7 nitrogen and oxygen atoms in total. The van der Waals surface area contributed by atoms with Crippen LogP contribution in [0, 0.1) is 5.41 Å². The summed E-state index contributed by atoms with van der Waals surface area (Å²) >= 11 is 6.34. The molecule has 0 aromatic carbocycles. The summed E-state index contributed by atoms with van der Waals surface area (Å²) in [4.78, 5) is 24.4. The van der Waals surface area contributed by atoms with Crippen LogP contribution in [-0.4, -0.2) is 59.4 Å². The monoisotopic (exact) mass is 392 g/mol. The van der Waals surface area contributed by atoms with Gasteiger partial charge in [-0.25, -0.2) is 0 Å². The molecule has 4 atom stereocenters. The van der Waals surface area contributed by atoms with E-state index in [1.165, 1.54) is 11.8 Å². The first-order valence-corrected chi connectivity index (χ1v) is 9.53. The summed E-state index contributed by atoms with van der Waals surface area (Å²) in [6.45, 7) is 8.23. The summed E-state index contributed by atoms with van der Waals surface area (Å²) in [6.07, 6.45) is -1.30. The Labute approximate surface area is 157 Å². The Kier molecular flexibility index (Phi) is 6.15. The topological polar surface area (TPSA) is 80.3 Å². The Morgan fingerprint density at radius 3 is 2.44 bits per heavy atom. The minimum absolute atomic E-state index is 0.270. The highest BCUT2D eigenvalue weighted by atomic mass is 32.2. The molecule has 0 amide bonds. The molecule has 0 aromatic rings. The fraction of sp³-hybridized carbons (Fsp3) is 0.812.